The second kappa shape index (κ2) is 7.93. The van der Waals surface area contributed by atoms with Gasteiger partial charge in [-0.15, -0.1) is 0 Å². The predicted molar refractivity (Wildman–Crippen MR) is 113 cm³/mol. The van der Waals surface area contributed by atoms with Crippen LogP contribution in [0.2, 0.25) is 0 Å². The molecule has 3 heteroatoms. The Balaban J connectivity index is 1.58. The lowest BCUT2D eigenvalue weighted by Gasteiger charge is -2.29. The van der Waals surface area contributed by atoms with E-state index in [0.29, 0.717) is 0 Å². The third kappa shape index (κ3) is 3.60. The molecule has 2 nitrogen and oxygen atoms in total. The van der Waals surface area contributed by atoms with Gasteiger partial charge in [-0.25, -0.2) is 4.39 Å². The van der Waals surface area contributed by atoms with E-state index < -0.39 is 0 Å². The summed E-state index contributed by atoms with van der Waals surface area (Å²) in [6.45, 7) is 0. The van der Waals surface area contributed by atoms with Gasteiger partial charge in [-0.05, 0) is 92.7 Å². The maximum absolute atomic E-state index is 14.9. The Morgan fingerprint density at radius 3 is 2.28 bits per heavy atom. The number of benzene rings is 2. The van der Waals surface area contributed by atoms with Crippen molar-refractivity contribution in [1.29, 1.82) is 0 Å². The molecule has 0 heterocycles. The normalized spacial score (nSPS) is 20.3. The van der Waals surface area contributed by atoms with Gasteiger partial charge in [0.2, 0.25) is 0 Å². The Bertz CT molecular complexity index is 905. The van der Waals surface area contributed by atoms with Gasteiger partial charge in [-0.2, -0.15) is 0 Å². The smallest absolute Gasteiger partial charge is 0.165 e. The van der Waals surface area contributed by atoms with Crippen molar-refractivity contribution < 1.29 is 13.9 Å². The number of halogens is 1. The topological polar surface area (TPSA) is 26.3 Å². The molecule has 0 unspecified atom stereocenters. The number of hydrogen-bond donors (Lipinski definition) is 0. The molecule has 29 heavy (non-hydrogen) atoms. The summed E-state index contributed by atoms with van der Waals surface area (Å²) in [6, 6.07) is 11.2. The third-order valence-electron chi connectivity index (χ3n) is 7.19. The Kier molecular flexibility index (Phi) is 5.15. The quantitative estimate of drug-likeness (QED) is 0.492. The largest absolute Gasteiger partial charge is 0.490 e. The second-order valence-corrected chi connectivity index (χ2v) is 9.06. The highest BCUT2D eigenvalue weighted by molar-refractivity contribution is 6.00. The van der Waals surface area contributed by atoms with Crippen molar-refractivity contribution in [1.82, 2.24) is 0 Å². The van der Waals surface area contributed by atoms with Gasteiger partial charge in [-0.1, -0.05) is 25.0 Å². The van der Waals surface area contributed by atoms with Crippen LogP contribution in [0.4, 0.5) is 4.39 Å². The summed E-state index contributed by atoms with van der Waals surface area (Å²) in [6.07, 6.45) is 11.1. The molecule has 0 bridgehead atoms. The zero-order valence-corrected chi connectivity index (χ0v) is 17.0. The molecule has 3 saturated carbocycles. The Hall–Kier alpha value is -2.16. The molecule has 3 aliphatic carbocycles. The number of ketones is 1. The van der Waals surface area contributed by atoms with E-state index in [0.717, 1.165) is 79.4 Å². The van der Waals surface area contributed by atoms with Crippen LogP contribution < -0.4 is 4.74 Å². The third-order valence-corrected chi connectivity index (χ3v) is 7.19. The minimum absolute atomic E-state index is 0.130. The number of ether oxygens (including phenoxy) is 1. The summed E-state index contributed by atoms with van der Waals surface area (Å²) >= 11 is 0. The van der Waals surface area contributed by atoms with Gasteiger partial charge in [0.1, 0.15) is 11.6 Å². The second-order valence-electron chi connectivity index (χ2n) is 9.06. The summed E-state index contributed by atoms with van der Waals surface area (Å²) in [5.74, 6) is 1.33. The summed E-state index contributed by atoms with van der Waals surface area (Å²) in [5, 5.41) is 0. The fraction of sp³-hybridized carbons (Fsp3) is 0.500. The lowest BCUT2D eigenvalue weighted by molar-refractivity contribution is 0.0855. The fourth-order valence-corrected chi connectivity index (χ4v) is 4.97. The average Bonchev–Trinajstić information content (AvgIpc) is 3.14. The summed E-state index contributed by atoms with van der Waals surface area (Å²) in [4.78, 5) is 12.9. The van der Waals surface area contributed by atoms with Crippen molar-refractivity contribution in [3.63, 3.8) is 0 Å². The van der Waals surface area contributed by atoms with E-state index in [1.54, 1.807) is 12.1 Å². The van der Waals surface area contributed by atoms with Crippen LogP contribution in [0.1, 0.15) is 86.0 Å². The van der Waals surface area contributed by atoms with Crippen LogP contribution in [-0.4, -0.2) is 11.9 Å². The van der Waals surface area contributed by atoms with Gasteiger partial charge in [0.15, 0.2) is 5.78 Å². The number of carbonyl (C=O) groups excluding carboxylic acids is 1. The van der Waals surface area contributed by atoms with Gasteiger partial charge < -0.3 is 4.74 Å². The molecule has 3 aliphatic rings. The first-order valence-corrected chi connectivity index (χ1v) is 11.3. The summed E-state index contributed by atoms with van der Waals surface area (Å²) in [7, 11) is 0. The van der Waals surface area contributed by atoms with Crippen molar-refractivity contribution >= 4 is 5.78 Å². The van der Waals surface area contributed by atoms with E-state index in [2.05, 4.69) is 0 Å². The molecule has 0 atom stereocenters. The number of rotatable bonds is 6. The highest BCUT2D eigenvalue weighted by atomic mass is 19.1. The van der Waals surface area contributed by atoms with Gasteiger partial charge >= 0.3 is 0 Å². The molecular weight excluding hydrogens is 363 g/mol. The summed E-state index contributed by atoms with van der Waals surface area (Å²) in [5.41, 5.74) is 3.35. The van der Waals surface area contributed by atoms with Crippen molar-refractivity contribution in [2.24, 2.45) is 5.92 Å². The number of carbonyl (C=O) groups is 1. The maximum Gasteiger partial charge on any atom is 0.165 e. The minimum Gasteiger partial charge on any atom is -0.490 e. The Morgan fingerprint density at radius 1 is 0.862 bits per heavy atom. The van der Waals surface area contributed by atoms with E-state index in [4.69, 9.17) is 4.74 Å². The summed E-state index contributed by atoms with van der Waals surface area (Å²) < 4.78 is 21.3. The first-order chi connectivity index (χ1) is 14.2. The van der Waals surface area contributed by atoms with Crippen LogP contribution in [-0.2, 0) is 0 Å². The molecule has 5 rings (SSSR count). The van der Waals surface area contributed by atoms with Crippen LogP contribution in [0.5, 0.6) is 5.75 Å². The van der Waals surface area contributed by atoms with E-state index >= 15 is 0 Å². The van der Waals surface area contributed by atoms with Crippen LogP contribution in [0, 0.1) is 11.7 Å². The van der Waals surface area contributed by atoms with E-state index in [1.807, 2.05) is 24.3 Å². The lowest BCUT2D eigenvalue weighted by Crippen LogP contribution is -2.22. The SMILES string of the molecule is O=C(c1ccc(OC2CCCC2)c(-c2cccc(F)c2C2CCC2)c1)C1CCC1. The molecular formula is C26H29FO2. The van der Waals surface area contributed by atoms with Gasteiger partial charge in [0.05, 0.1) is 6.10 Å². The molecule has 0 saturated heterocycles. The van der Waals surface area contributed by atoms with Gasteiger partial charge in [0.25, 0.3) is 0 Å². The predicted octanol–water partition coefficient (Wildman–Crippen LogP) is 7.06. The van der Waals surface area contributed by atoms with Crippen molar-refractivity contribution in [3.05, 3.63) is 53.3 Å². The van der Waals surface area contributed by atoms with Crippen LogP contribution in [0.15, 0.2) is 36.4 Å². The highest BCUT2D eigenvalue weighted by Crippen LogP contribution is 2.45. The van der Waals surface area contributed by atoms with Crippen LogP contribution in [0.3, 0.4) is 0 Å². The number of Topliss-reactive ketones (excluding diaryl/α,β-unsaturated/α-hetero) is 1. The van der Waals surface area contributed by atoms with Crippen LogP contribution in [0.25, 0.3) is 11.1 Å². The zero-order valence-electron chi connectivity index (χ0n) is 17.0. The first-order valence-electron chi connectivity index (χ1n) is 11.3. The molecule has 0 amide bonds. The molecule has 0 aliphatic heterocycles. The van der Waals surface area contributed by atoms with E-state index in [-0.39, 0.29) is 29.5 Å². The van der Waals surface area contributed by atoms with Crippen molar-refractivity contribution in [3.8, 4) is 16.9 Å². The van der Waals surface area contributed by atoms with Crippen molar-refractivity contribution in [2.75, 3.05) is 0 Å². The first kappa shape index (κ1) is 18.8. The maximum atomic E-state index is 14.9. The Morgan fingerprint density at radius 2 is 1.62 bits per heavy atom. The zero-order chi connectivity index (χ0) is 19.8. The molecule has 2 aromatic carbocycles. The molecule has 3 fully saturated rings. The Labute approximate surface area is 172 Å². The average molecular weight is 393 g/mol. The monoisotopic (exact) mass is 392 g/mol. The molecule has 0 radical (unpaired) electrons. The molecule has 152 valence electrons. The van der Waals surface area contributed by atoms with E-state index in [9.17, 15) is 9.18 Å². The molecule has 2 aromatic rings. The van der Waals surface area contributed by atoms with Crippen molar-refractivity contribution in [2.45, 2.75) is 76.2 Å². The molecule has 0 aromatic heterocycles. The molecule has 0 spiro atoms. The fourth-order valence-electron chi connectivity index (χ4n) is 4.97. The van der Waals surface area contributed by atoms with Crippen LogP contribution >= 0.6 is 0 Å². The van der Waals surface area contributed by atoms with E-state index in [1.165, 1.54) is 12.8 Å². The molecule has 0 N–H and O–H groups in total. The standard InChI is InChI=1S/C26H29FO2/c27-23-13-5-12-21(25(23)17-6-3-7-17)22-16-19(26(28)18-8-4-9-18)14-15-24(22)29-20-10-1-2-11-20/h5,12-18,20H,1-4,6-11H2. The lowest BCUT2D eigenvalue weighted by atomic mass is 9.76. The highest BCUT2D eigenvalue weighted by Gasteiger charge is 2.30. The minimum atomic E-state index is -0.130. The van der Waals surface area contributed by atoms with Gasteiger partial charge in [0, 0.05) is 17.0 Å². The van der Waals surface area contributed by atoms with Gasteiger partial charge in [-0.3, -0.25) is 4.79 Å². The number of hydrogen-bond acceptors (Lipinski definition) is 2.